The van der Waals surface area contributed by atoms with Gasteiger partial charge in [-0.2, -0.15) is 19.1 Å². The van der Waals surface area contributed by atoms with Crippen LogP contribution in [0.3, 0.4) is 0 Å². The van der Waals surface area contributed by atoms with Crippen LogP contribution in [0.2, 0.25) is 0 Å². The van der Waals surface area contributed by atoms with Gasteiger partial charge < -0.3 is 4.74 Å². The Labute approximate surface area is 164 Å². The lowest BCUT2D eigenvalue weighted by atomic mass is 9.76. The maximum Gasteiger partial charge on any atom is 0.152 e. The molecule has 1 aliphatic rings. The van der Waals surface area contributed by atoms with E-state index in [4.69, 9.17) is 9.73 Å². The van der Waals surface area contributed by atoms with Crippen LogP contribution in [-0.4, -0.2) is 31.8 Å². The second-order valence-electron chi connectivity index (χ2n) is 6.47. The fourth-order valence-electron chi connectivity index (χ4n) is 3.72. The van der Waals surface area contributed by atoms with Gasteiger partial charge in [-0.1, -0.05) is 24.3 Å². The number of nitriles is 1. The van der Waals surface area contributed by atoms with Crippen LogP contribution in [-0.2, 0) is 0 Å². The molecule has 0 amide bonds. The summed E-state index contributed by atoms with van der Waals surface area (Å²) in [5.74, 6) is 0.638. The topological polar surface area (TPSA) is 99.8 Å². The van der Waals surface area contributed by atoms with E-state index in [0.717, 1.165) is 33.5 Å². The van der Waals surface area contributed by atoms with Crippen molar-refractivity contribution in [3.63, 3.8) is 0 Å². The van der Waals surface area contributed by atoms with E-state index in [-0.39, 0.29) is 5.92 Å². The average Bonchev–Trinajstić information content (AvgIpc) is 3.41. The predicted octanol–water partition coefficient (Wildman–Crippen LogP) is 3.83. The van der Waals surface area contributed by atoms with Crippen molar-refractivity contribution in [3.05, 3.63) is 65.4 Å². The van der Waals surface area contributed by atoms with E-state index in [1.54, 1.807) is 13.3 Å². The van der Waals surface area contributed by atoms with Crippen molar-refractivity contribution in [1.82, 2.24) is 18.9 Å². The second-order valence-corrected chi connectivity index (χ2v) is 7.00. The molecule has 5 rings (SSSR count). The molecule has 28 heavy (non-hydrogen) atoms. The van der Waals surface area contributed by atoms with Crippen molar-refractivity contribution in [2.75, 3.05) is 7.11 Å². The number of aliphatic imine (C=N–C) groups is 1. The summed E-state index contributed by atoms with van der Waals surface area (Å²) in [5.41, 5.74) is 5.02. The molecule has 2 unspecified atom stereocenters. The minimum absolute atomic E-state index is 0.245. The number of hydrogen-bond acceptors (Lipinski definition) is 7. The Kier molecular flexibility index (Phi) is 3.88. The first-order chi connectivity index (χ1) is 13.8. The van der Waals surface area contributed by atoms with Crippen molar-refractivity contribution >= 4 is 34.3 Å². The maximum atomic E-state index is 10.1. The van der Waals surface area contributed by atoms with Gasteiger partial charge in [0.15, 0.2) is 5.82 Å². The monoisotopic (exact) mass is 386 g/mol. The molecular weight excluding hydrogens is 372 g/mol. The lowest BCUT2D eigenvalue weighted by Crippen LogP contribution is -2.26. The third-order valence-corrected chi connectivity index (χ3v) is 5.54. The molecule has 0 bridgehead atoms. The fourth-order valence-corrected chi connectivity index (χ4v) is 4.28. The minimum atomic E-state index is -0.496. The molecule has 7 nitrogen and oxygen atoms in total. The van der Waals surface area contributed by atoms with Crippen LogP contribution < -0.4 is 4.74 Å². The number of nitrogens with zero attached hydrogens (tertiary/aromatic N) is 5. The number of ether oxygens (including phenoxy) is 1. The lowest BCUT2D eigenvalue weighted by molar-refractivity contribution is 0.414. The Balaban J connectivity index is 1.74. The number of nitrogens with one attached hydrogen (secondary N) is 1. The molecule has 0 spiro atoms. The van der Waals surface area contributed by atoms with E-state index in [1.807, 2.05) is 42.5 Å². The summed E-state index contributed by atoms with van der Waals surface area (Å²) in [7, 11) is 1.62. The van der Waals surface area contributed by atoms with E-state index >= 15 is 0 Å². The largest absolute Gasteiger partial charge is 0.497 e. The Morgan fingerprint density at radius 1 is 1.14 bits per heavy atom. The summed E-state index contributed by atoms with van der Waals surface area (Å²) in [6, 6.07) is 16.0. The highest BCUT2D eigenvalue weighted by Gasteiger charge is 2.37. The molecule has 0 saturated carbocycles. The molecular formula is C20H14N6OS. The highest BCUT2D eigenvalue weighted by Crippen LogP contribution is 2.44. The average molecular weight is 386 g/mol. The van der Waals surface area contributed by atoms with Gasteiger partial charge in [0.1, 0.15) is 22.7 Å². The smallest absolute Gasteiger partial charge is 0.152 e. The molecule has 4 aromatic rings. The minimum Gasteiger partial charge on any atom is -0.497 e. The van der Waals surface area contributed by atoms with Crippen molar-refractivity contribution < 1.29 is 4.74 Å². The van der Waals surface area contributed by atoms with E-state index < -0.39 is 5.92 Å². The van der Waals surface area contributed by atoms with E-state index in [2.05, 4.69) is 25.0 Å². The molecule has 0 radical (unpaired) electrons. The molecule has 2 aromatic carbocycles. The Bertz CT molecular complexity index is 1250. The van der Waals surface area contributed by atoms with Crippen LogP contribution in [0.4, 0.5) is 5.82 Å². The van der Waals surface area contributed by atoms with Gasteiger partial charge in [0, 0.05) is 17.0 Å². The predicted molar refractivity (Wildman–Crippen MR) is 106 cm³/mol. The Morgan fingerprint density at radius 3 is 2.89 bits per heavy atom. The van der Waals surface area contributed by atoms with Crippen LogP contribution in [0.15, 0.2) is 53.7 Å². The zero-order chi connectivity index (χ0) is 19.1. The molecule has 0 aliphatic carbocycles. The summed E-state index contributed by atoms with van der Waals surface area (Å²) in [6.07, 6.45) is 1.74. The molecule has 2 atom stereocenters. The van der Waals surface area contributed by atoms with Gasteiger partial charge in [0.25, 0.3) is 0 Å². The number of H-pyrrole nitrogens is 1. The van der Waals surface area contributed by atoms with Crippen LogP contribution >= 0.6 is 11.7 Å². The van der Waals surface area contributed by atoms with E-state index in [0.29, 0.717) is 11.5 Å². The summed E-state index contributed by atoms with van der Waals surface area (Å²) in [6.45, 7) is 0. The molecule has 1 N–H and O–H groups in total. The van der Waals surface area contributed by atoms with Crippen molar-refractivity contribution in [3.8, 4) is 11.8 Å². The van der Waals surface area contributed by atoms with Gasteiger partial charge in [0.05, 0.1) is 36.8 Å². The van der Waals surface area contributed by atoms with Crippen molar-refractivity contribution in [1.29, 1.82) is 5.26 Å². The Hall–Kier alpha value is -3.57. The molecule has 3 heterocycles. The maximum absolute atomic E-state index is 10.1. The Morgan fingerprint density at radius 2 is 2.04 bits per heavy atom. The van der Waals surface area contributed by atoms with Gasteiger partial charge in [0.2, 0.25) is 0 Å². The van der Waals surface area contributed by atoms with Gasteiger partial charge >= 0.3 is 0 Å². The van der Waals surface area contributed by atoms with Crippen molar-refractivity contribution in [2.45, 2.75) is 5.92 Å². The third kappa shape index (κ3) is 2.48. The van der Waals surface area contributed by atoms with Crippen molar-refractivity contribution in [2.24, 2.45) is 10.9 Å². The summed E-state index contributed by atoms with van der Waals surface area (Å²) in [5, 5.41) is 17.3. The molecule has 1 aliphatic heterocycles. The first-order valence-corrected chi connectivity index (χ1v) is 9.40. The normalized spacial score (nSPS) is 18.4. The number of rotatable bonds is 3. The number of hydrogen-bond donors (Lipinski definition) is 1. The van der Waals surface area contributed by atoms with Gasteiger partial charge in [-0.25, -0.2) is 4.99 Å². The standard InChI is InChI=1S/C20H14N6OS/c1-27-12-5-2-4-11(8-12)18-14(9-21)17(15-10-22-24-20(15)23-18)13-6-3-7-16-19(13)26-28-25-16/h2-8,10,14,17H,1H3,(H,22,24). The highest BCUT2D eigenvalue weighted by atomic mass is 32.1. The zero-order valence-corrected chi connectivity index (χ0v) is 15.6. The summed E-state index contributed by atoms with van der Waals surface area (Å²) >= 11 is 1.17. The number of methoxy groups -OCH3 is 1. The zero-order valence-electron chi connectivity index (χ0n) is 14.8. The van der Waals surface area contributed by atoms with Gasteiger partial charge in [-0.3, -0.25) is 5.10 Å². The number of fused-ring (bicyclic) bond motifs is 2. The van der Waals surface area contributed by atoms with Crippen LogP contribution in [0.5, 0.6) is 5.75 Å². The van der Waals surface area contributed by atoms with E-state index in [9.17, 15) is 5.26 Å². The van der Waals surface area contributed by atoms with Crippen LogP contribution in [0.25, 0.3) is 11.0 Å². The fraction of sp³-hybridized carbons (Fsp3) is 0.150. The molecule has 8 heteroatoms. The highest BCUT2D eigenvalue weighted by molar-refractivity contribution is 7.00. The van der Waals surface area contributed by atoms with Gasteiger partial charge in [-0.05, 0) is 23.8 Å². The quantitative estimate of drug-likeness (QED) is 0.577. The number of benzene rings is 2. The first-order valence-electron chi connectivity index (χ1n) is 8.67. The van der Waals surface area contributed by atoms with Crippen LogP contribution in [0.1, 0.15) is 22.6 Å². The third-order valence-electron chi connectivity index (χ3n) is 5.00. The first kappa shape index (κ1) is 16.6. The molecule has 2 aromatic heterocycles. The van der Waals surface area contributed by atoms with Gasteiger partial charge in [-0.15, -0.1) is 0 Å². The van der Waals surface area contributed by atoms with Crippen LogP contribution in [0, 0.1) is 17.2 Å². The summed E-state index contributed by atoms with van der Waals surface area (Å²) in [4.78, 5) is 4.73. The molecule has 0 saturated heterocycles. The lowest BCUT2D eigenvalue weighted by Gasteiger charge is -2.27. The SMILES string of the molecule is COc1cccc(C2=Nc3[nH]ncc3C(c3cccc4nsnc34)C2C#N)c1. The molecule has 0 fully saturated rings. The number of aromatic amines is 1. The van der Waals surface area contributed by atoms with E-state index in [1.165, 1.54) is 11.7 Å². The second kappa shape index (κ2) is 6.55. The molecule has 136 valence electrons. The number of aromatic nitrogens is 4. The summed E-state index contributed by atoms with van der Waals surface area (Å²) < 4.78 is 14.2.